The van der Waals surface area contributed by atoms with Crippen molar-refractivity contribution in [3.63, 3.8) is 0 Å². The highest BCUT2D eigenvalue weighted by atomic mass is 16.2. The van der Waals surface area contributed by atoms with Gasteiger partial charge < -0.3 is 0 Å². The molecule has 2 heterocycles. The van der Waals surface area contributed by atoms with Crippen molar-refractivity contribution in [2.45, 2.75) is 6.29 Å². The van der Waals surface area contributed by atoms with E-state index in [0.29, 0.717) is 0 Å². The van der Waals surface area contributed by atoms with Crippen molar-refractivity contribution in [1.29, 1.82) is 0 Å². The van der Waals surface area contributed by atoms with Gasteiger partial charge in [-0.25, -0.2) is 0 Å². The van der Waals surface area contributed by atoms with Gasteiger partial charge in [-0.05, 0) is 5.11 Å². The van der Waals surface area contributed by atoms with E-state index in [1.165, 1.54) is 6.08 Å². The number of carbonyl (C=O) groups is 1. The van der Waals surface area contributed by atoms with Gasteiger partial charge in [-0.2, -0.15) is 4.58 Å². The number of hydrogen-bond acceptors (Lipinski definition) is 3. The maximum absolute atomic E-state index is 10.7. The lowest BCUT2D eigenvalue weighted by atomic mass is 10.5. The Labute approximate surface area is 56.8 Å². The first kappa shape index (κ1) is 5.28. The summed E-state index contributed by atoms with van der Waals surface area (Å²) in [5.74, 6) is -0.129. The summed E-state index contributed by atoms with van der Waals surface area (Å²) in [7, 11) is 0. The van der Waals surface area contributed by atoms with Crippen molar-refractivity contribution in [3.05, 3.63) is 12.3 Å². The van der Waals surface area contributed by atoms with Gasteiger partial charge in [0.05, 0.1) is 5.11 Å². The summed E-state index contributed by atoms with van der Waals surface area (Å²) in [6, 6.07) is 0. The van der Waals surface area contributed by atoms with Crippen molar-refractivity contribution in [3.8, 4) is 0 Å². The minimum Gasteiger partial charge on any atom is -0.292 e. The van der Waals surface area contributed by atoms with E-state index in [1.807, 2.05) is 0 Å². The Morgan fingerprint density at radius 2 is 2.60 bits per heavy atom. The molecule has 1 unspecified atom stereocenters. The van der Waals surface area contributed by atoms with Crippen LogP contribution in [0.25, 0.3) is 0 Å². The van der Waals surface area contributed by atoms with Gasteiger partial charge in [-0.1, -0.05) is 0 Å². The molecule has 10 heavy (non-hydrogen) atoms. The normalized spacial score (nSPS) is 27.8. The van der Waals surface area contributed by atoms with Gasteiger partial charge in [0.1, 0.15) is 6.20 Å². The number of hydrogen-bond donors (Lipinski definition) is 1. The minimum absolute atomic E-state index is 0.129. The molecule has 2 aliphatic heterocycles. The number of rotatable bonds is 0. The fourth-order valence-electron chi connectivity index (χ4n) is 0.828. The van der Waals surface area contributed by atoms with E-state index in [4.69, 9.17) is 0 Å². The molecule has 50 valence electrons. The van der Waals surface area contributed by atoms with Crippen molar-refractivity contribution < 1.29 is 9.37 Å². The Morgan fingerprint density at radius 1 is 1.70 bits per heavy atom. The molecule has 0 aromatic rings. The summed E-state index contributed by atoms with van der Waals surface area (Å²) in [5, 5.41) is 9.93. The van der Waals surface area contributed by atoms with E-state index in [2.05, 4.69) is 15.5 Å². The molecule has 0 bridgehead atoms. The maximum atomic E-state index is 10.7. The third-order valence-electron chi connectivity index (χ3n) is 1.31. The lowest BCUT2D eigenvalue weighted by molar-refractivity contribution is -0.496. The molecular formula is C5H5N4O+. The molecule has 5 heteroatoms. The number of azo groups is 1. The zero-order valence-electron chi connectivity index (χ0n) is 5.06. The third kappa shape index (κ3) is 0.637. The Balaban J connectivity index is 2.35. The van der Waals surface area contributed by atoms with Gasteiger partial charge in [0, 0.05) is 6.08 Å². The van der Waals surface area contributed by atoms with Gasteiger partial charge in [0.2, 0.25) is 0 Å². The Bertz CT molecular complexity index is 265. The first-order valence-corrected chi connectivity index (χ1v) is 2.86. The molecule has 1 N–H and O–H groups in total. The highest BCUT2D eigenvalue weighted by molar-refractivity contribution is 5.88. The largest absolute Gasteiger partial charge is 0.317 e. The third-order valence-corrected chi connectivity index (χ3v) is 1.31. The number of nitrogens with zero attached hydrogens (tertiary/aromatic N) is 3. The predicted octanol–water partition coefficient (Wildman–Crippen LogP) is -0.580. The molecule has 1 atom stereocenters. The number of nitrogens with one attached hydrogen (secondary N) is 1. The number of amides is 1. The van der Waals surface area contributed by atoms with Crippen molar-refractivity contribution >= 4 is 12.2 Å². The molecular weight excluding hydrogens is 132 g/mol. The van der Waals surface area contributed by atoms with Crippen LogP contribution in [-0.2, 0) is 4.79 Å². The molecule has 5 nitrogen and oxygen atoms in total. The molecule has 0 radical (unpaired) electrons. The summed E-state index contributed by atoms with van der Waals surface area (Å²) in [4.78, 5) is 10.7. The van der Waals surface area contributed by atoms with Crippen LogP contribution >= 0.6 is 0 Å². The van der Waals surface area contributed by atoms with Gasteiger partial charge in [-0.3, -0.25) is 10.1 Å². The molecule has 2 rings (SSSR count). The molecule has 0 aromatic heterocycles. The molecule has 0 spiro atoms. The monoisotopic (exact) mass is 137 g/mol. The van der Waals surface area contributed by atoms with E-state index in [1.54, 1.807) is 17.1 Å². The van der Waals surface area contributed by atoms with Crippen LogP contribution in [0.4, 0.5) is 0 Å². The Morgan fingerprint density at radius 3 is 3.50 bits per heavy atom. The van der Waals surface area contributed by atoms with Crippen molar-refractivity contribution in [2.24, 2.45) is 10.2 Å². The fraction of sp³-hybridized carbons (Fsp3) is 0.200. The number of carbonyl (C=O) groups excluding carboxylic acids is 1. The highest BCUT2D eigenvalue weighted by Crippen LogP contribution is 2.02. The highest BCUT2D eigenvalue weighted by Gasteiger charge is 2.26. The SMILES string of the molecule is O=C1C=C[N+]2=CN=NC2N1. The topological polar surface area (TPSA) is 56.8 Å². The Kier molecular flexibility index (Phi) is 0.913. The predicted molar refractivity (Wildman–Crippen MR) is 32.3 cm³/mol. The zero-order chi connectivity index (χ0) is 6.97. The Hall–Kier alpha value is -1.52. The van der Waals surface area contributed by atoms with E-state index in [0.717, 1.165) is 0 Å². The molecule has 0 aromatic carbocycles. The lowest BCUT2D eigenvalue weighted by Gasteiger charge is -2.09. The van der Waals surface area contributed by atoms with Crippen molar-refractivity contribution in [1.82, 2.24) is 5.32 Å². The van der Waals surface area contributed by atoms with Gasteiger partial charge in [-0.15, -0.1) is 0 Å². The van der Waals surface area contributed by atoms with Crippen molar-refractivity contribution in [2.75, 3.05) is 0 Å². The van der Waals surface area contributed by atoms with E-state index in [-0.39, 0.29) is 12.2 Å². The first-order chi connectivity index (χ1) is 4.86. The lowest BCUT2D eigenvalue weighted by Crippen LogP contribution is -2.40. The van der Waals surface area contributed by atoms with Crippen LogP contribution in [-0.4, -0.2) is 23.1 Å². The standard InChI is InChI=1S/C5H4N4O/c10-4-1-2-9-3-6-8-5(9)7-4/h1-3,5H/p+1. The summed E-state index contributed by atoms with van der Waals surface area (Å²) >= 11 is 0. The van der Waals surface area contributed by atoms with Gasteiger partial charge in [0.25, 0.3) is 5.91 Å². The maximum Gasteiger partial charge on any atom is 0.317 e. The summed E-state index contributed by atoms with van der Waals surface area (Å²) in [6.45, 7) is 0. The molecule has 0 fully saturated rings. The molecule has 0 aliphatic carbocycles. The first-order valence-electron chi connectivity index (χ1n) is 2.86. The van der Waals surface area contributed by atoms with Crippen LogP contribution in [0, 0.1) is 0 Å². The quantitative estimate of drug-likeness (QED) is 0.446. The molecule has 1 amide bonds. The second kappa shape index (κ2) is 1.73. The van der Waals surface area contributed by atoms with Gasteiger partial charge >= 0.3 is 12.6 Å². The minimum atomic E-state index is -0.308. The van der Waals surface area contributed by atoms with Gasteiger partial charge in [0.15, 0.2) is 0 Å². The average Bonchev–Trinajstić information content (AvgIpc) is 2.33. The van der Waals surface area contributed by atoms with Crippen LogP contribution in [0.15, 0.2) is 22.5 Å². The summed E-state index contributed by atoms with van der Waals surface area (Å²) in [6.07, 6.45) is 4.32. The molecule has 2 aliphatic rings. The second-order valence-electron chi connectivity index (χ2n) is 1.99. The second-order valence-corrected chi connectivity index (χ2v) is 1.99. The summed E-state index contributed by atoms with van der Waals surface area (Å²) in [5.41, 5.74) is 0. The van der Waals surface area contributed by atoms with Crippen LogP contribution in [0.3, 0.4) is 0 Å². The summed E-state index contributed by atoms with van der Waals surface area (Å²) < 4.78 is 1.71. The van der Waals surface area contributed by atoms with Crippen LogP contribution in [0.5, 0.6) is 0 Å². The zero-order valence-corrected chi connectivity index (χ0v) is 5.06. The van der Waals surface area contributed by atoms with E-state index < -0.39 is 0 Å². The van der Waals surface area contributed by atoms with Crippen LogP contribution < -0.4 is 5.32 Å². The van der Waals surface area contributed by atoms with E-state index >= 15 is 0 Å². The van der Waals surface area contributed by atoms with Crippen LogP contribution in [0.2, 0.25) is 0 Å². The average molecular weight is 137 g/mol. The number of fused-ring (bicyclic) bond motifs is 1. The molecule has 0 saturated carbocycles. The smallest absolute Gasteiger partial charge is 0.292 e. The fourth-order valence-corrected chi connectivity index (χ4v) is 0.828. The molecule has 0 saturated heterocycles. The van der Waals surface area contributed by atoms with E-state index in [9.17, 15) is 4.79 Å². The van der Waals surface area contributed by atoms with Crippen LogP contribution in [0.1, 0.15) is 0 Å².